The molecule has 2 aromatic heterocycles. The molecule has 3 rings (SSSR count). The van der Waals surface area contributed by atoms with Crippen molar-refractivity contribution in [2.75, 3.05) is 0 Å². The SMILES string of the molecule is Cc1nnc(N=Nc2c(O)[nH]c3ccc(Cl)cc23)[nH]c1=O. The number of aryl methyl sites for hydroxylation is 1. The Balaban J connectivity index is 2.06. The Bertz CT molecular complexity index is 914. The van der Waals surface area contributed by atoms with Crippen molar-refractivity contribution in [2.45, 2.75) is 6.92 Å². The molecular formula is C12H9ClN6O2. The van der Waals surface area contributed by atoms with Gasteiger partial charge in [0.1, 0.15) is 5.69 Å². The van der Waals surface area contributed by atoms with Crippen molar-refractivity contribution in [3.05, 3.63) is 39.3 Å². The Hall–Kier alpha value is -2.74. The smallest absolute Gasteiger partial charge is 0.274 e. The molecule has 2 heterocycles. The molecule has 0 unspecified atom stereocenters. The quantitative estimate of drug-likeness (QED) is 0.630. The summed E-state index contributed by atoms with van der Waals surface area (Å²) in [5.74, 6) is -0.209. The summed E-state index contributed by atoms with van der Waals surface area (Å²) in [5.41, 5.74) is 0.700. The predicted octanol–water partition coefficient (Wildman–Crippen LogP) is 2.73. The number of aromatic amines is 2. The molecule has 106 valence electrons. The molecule has 1 aromatic carbocycles. The van der Waals surface area contributed by atoms with Crippen molar-refractivity contribution >= 4 is 34.1 Å². The van der Waals surface area contributed by atoms with E-state index in [4.69, 9.17) is 11.6 Å². The van der Waals surface area contributed by atoms with Crippen molar-refractivity contribution in [2.24, 2.45) is 10.2 Å². The number of hydrogen-bond acceptors (Lipinski definition) is 6. The van der Waals surface area contributed by atoms with Crippen LogP contribution in [-0.2, 0) is 0 Å². The normalized spacial score (nSPS) is 11.5. The van der Waals surface area contributed by atoms with E-state index in [1.54, 1.807) is 18.2 Å². The Morgan fingerprint density at radius 2 is 2.05 bits per heavy atom. The van der Waals surface area contributed by atoms with Gasteiger partial charge in [0, 0.05) is 10.4 Å². The second-order valence-electron chi connectivity index (χ2n) is 4.28. The monoisotopic (exact) mass is 304 g/mol. The summed E-state index contributed by atoms with van der Waals surface area (Å²) in [4.78, 5) is 16.5. The fourth-order valence-electron chi connectivity index (χ4n) is 1.76. The Morgan fingerprint density at radius 1 is 1.24 bits per heavy atom. The summed E-state index contributed by atoms with van der Waals surface area (Å²) in [5, 5.41) is 25.9. The number of nitrogens with one attached hydrogen (secondary N) is 2. The third-order valence-corrected chi connectivity index (χ3v) is 3.04. The largest absolute Gasteiger partial charge is 0.493 e. The fraction of sp³-hybridized carbons (Fsp3) is 0.0833. The minimum absolute atomic E-state index is 0.0543. The van der Waals surface area contributed by atoms with Gasteiger partial charge in [0.05, 0.1) is 5.52 Å². The molecule has 0 aliphatic carbocycles. The number of hydrogen-bond donors (Lipinski definition) is 3. The van der Waals surface area contributed by atoms with E-state index in [2.05, 4.69) is 30.4 Å². The van der Waals surface area contributed by atoms with Crippen molar-refractivity contribution in [3.8, 4) is 5.88 Å². The van der Waals surface area contributed by atoms with Crippen LogP contribution in [0.5, 0.6) is 5.88 Å². The number of nitrogens with zero attached hydrogens (tertiary/aromatic N) is 4. The molecule has 8 nitrogen and oxygen atoms in total. The molecule has 0 aliphatic heterocycles. The number of halogens is 1. The molecule has 0 spiro atoms. The average molecular weight is 305 g/mol. The van der Waals surface area contributed by atoms with Gasteiger partial charge >= 0.3 is 0 Å². The Labute approximate surface area is 122 Å². The van der Waals surface area contributed by atoms with Gasteiger partial charge < -0.3 is 10.1 Å². The fourth-order valence-corrected chi connectivity index (χ4v) is 1.94. The number of aromatic nitrogens is 4. The lowest BCUT2D eigenvalue weighted by molar-refractivity contribution is 0.459. The van der Waals surface area contributed by atoms with Crippen LogP contribution >= 0.6 is 11.6 Å². The molecule has 0 fully saturated rings. The third kappa shape index (κ3) is 2.48. The highest BCUT2D eigenvalue weighted by Crippen LogP contribution is 2.37. The number of benzene rings is 1. The van der Waals surface area contributed by atoms with Gasteiger partial charge in [0.25, 0.3) is 11.5 Å². The highest BCUT2D eigenvalue weighted by molar-refractivity contribution is 6.31. The second kappa shape index (κ2) is 4.98. The lowest BCUT2D eigenvalue weighted by Crippen LogP contribution is -2.12. The van der Waals surface area contributed by atoms with E-state index in [-0.39, 0.29) is 23.2 Å². The number of rotatable bonds is 2. The molecule has 0 bridgehead atoms. The summed E-state index contributed by atoms with van der Waals surface area (Å²) in [6, 6.07) is 5.04. The summed E-state index contributed by atoms with van der Waals surface area (Å²) in [6.07, 6.45) is 0. The van der Waals surface area contributed by atoms with Crippen LogP contribution < -0.4 is 5.56 Å². The molecule has 3 aromatic rings. The minimum Gasteiger partial charge on any atom is -0.493 e. The molecule has 9 heteroatoms. The lowest BCUT2D eigenvalue weighted by Gasteiger charge is -1.94. The number of aromatic hydroxyl groups is 1. The van der Waals surface area contributed by atoms with E-state index in [0.717, 1.165) is 0 Å². The Kier molecular flexibility index (Phi) is 3.15. The summed E-state index contributed by atoms with van der Waals surface area (Å²) in [6.45, 7) is 1.53. The molecule has 0 saturated carbocycles. The molecule has 0 amide bonds. The van der Waals surface area contributed by atoms with Crippen LogP contribution in [0.1, 0.15) is 5.69 Å². The van der Waals surface area contributed by atoms with Crippen molar-refractivity contribution in [1.82, 2.24) is 20.2 Å². The van der Waals surface area contributed by atoms with E-state index in [0.29, 0.717) is 15.9 Å². The maximum atomic E-state index is 11.4. The molecule has 21 heavy (non-hydrogen) atoms. The number of H-pyrrole nitrogens is 2. The summed E-state index contributed by atoms with van der Waals surface area (Å²) >= 11 is 5.92. The van der Waals surface area contributed by atoms with E-state index >= 15 is 0 Å². The van der Waals surface area contributed by atoms with Gasteiger partial charge in [0.2, 0.25) is 5.88 Å². The first-order valence-electron chi connectivity index (χ1n) is 5.90. The zero-order valence-corrected chi connectivity index (χ0v) is 11.5. The highest BCUT2D eigenvalue weighted by atomic mass is 35.5. The van der Waals surface area contributed by atoms with Gasteiger partial charge in [-0.2, -0.15) is 0 Å². The van der Waals surface area contributed by atoms with Crippen LogP contribution in [0.15, 0.2) is 33.2 Å². The molecule has 3 N–H and O–H groups in total. The summed E-state index contributed by atoms with van der Waals surface area (Å²) < 4.78 is 0. The standard InChI is InChI=1S/C12H9ClN6O2/c1-5-10(20)15-12(18-16-5)19-17-9-7-4-6(13)2-3-8(7)14-11(9)21/h2-4,14,21H,1H3,(H,15,18,20). The summed E-state index contributed by atoms with van der Waals surface area (Å²) in [7, 11) is 0. The van der Waals surface area contributed by atoms with Gasteiger partial charge in [0.15, 0.2) is 5.69 Å². The molecule has 0 radical (unpaired) electrons. The first-order chi connectivity index (χ1) is 10.0. The minimum atomic E-state index is -0.398. The highest BCUT2D eigenvalue weighted by Gasteiger charge is 2.11. The maximum Gasteiger partial charge on any atom is 0.274 e. The Morgan fingerprint density at radius 3 is 2.81 bits per heavy atom. The average Bonchev–Trinajstić information content (AvgIpc) is 2.75. The molecule has 0 aliphatic rings. The van der Waals surface area contributed by atoms with E-state index < -0.39 is 5.56 Å². The van der Waals surface area contributed by atoms with E-state index in [1.165, 1.54) is 6.92 Å². The van der Waals surface area contributed by atoms with Gasteiger partial charge in [-0.25, -0.2) is 0 Å². The van der Waals surface area contributed by atoms with Crippen LogP contribution in [0.2, 0.25) is 5.02 Å². The van der Waals surface area contributed by atoms with Gasteiger partial charge in [-0.15, -0.1) is 20.4 Å². The zero-order chi connectivity index (χ0) is 15.0. The van der Waals surface area contributed by atoms with Crippen LogP contribution in [0.3, 0.4) is 0 Å². The topological polar surface area (TPSA) is 119 Å². The van der Waals surface area contributed by atoms with Crippen LogP contribution in [-0.4, -0.2) is 25.3 Å². The maximum absolute atomic E-state index is 11.4. The van der Waals surface area contributed by atoms with Gasteiger partial charge in [-0.3, -0.25) is 9.78 Å². The zero-order valence-electron chi connectivity index (χ0n) is 10.8. The molecule has 0 atom stereocenters. The first kappa shape index (κ1) is 13.3. The van der Waals surface area contributed by atoms with Crippen LogP contribution in [0.25, 0.3) is 10.9 Å². The van der Waals surface area contributed by atoms with Crippen LogP contribution in [0.4, 0.5) is 11.6 Å². The lowest BCUT2D eigenvalue weighted by atomic mass is 10.2. The first-order valence-corrected chi connectivity index (χ1v) is 6.28. The predicted molar refractivity (Wildman–Crippen MR) is 76.5 cm³/mol. The van der Waals surface area contributed by atoms with Gasteiger partial charge in [-0.1, -0.05) is 11.6 Å². The van der Waals surface area contributed by atoms with E-state index in [9.17, 15) is 9.90 Å². The van der Waals surface area contributed by atoms with E-state index in [1.807, 2.05) is 0 Å². The molecular weight excluding hydrogens is 296 g/mol. The second-order valence-corrected chi connectivity index (χ2v) is 4.71. The van der Waals surface area contributed by atoms with Crippen LogP contribution in [0, 0.1) is 6.92 Å². The van der Waals surface area contributed by atoms with Crippen molar-refractivity contribution in [1.29, 1.82) is 0 Å². The van der Waals surface area contributed by atoms with Crippen molar-refractivity contribution < 1.29 is 5.11 Å². The molecule has 0 saturated heterocycles. The number of fused-ring (bicyclic) bond motifs is 1. The van der Waals surface area contributed by atoms with Gasteiger partial charge in [-0.05, 0) is 25.1 Å². The number of azo groups is 1. The van der Waals surface area contributed by atoms with Crippen molar-refractivity contribution in [3.63, 3.8) is 0 Å². The third-order valence-electron chi connectivity index (χ3n) is 2.81.